The molecule has 3 N–H and O–H groups in total. The lowest BCUT2D eigenvalue weighted by Crippen LogP contribution is -2.24. The number of fused-ring (bicyclic) bond motifs is 5. The number of epoxide rings is 1. The van der Waals surface area contributed by atoms with E-state index >= 15 is 0 Å². The third kappa shape index (κ3) is 1.62. The quantitative estimate of drug-likeness (QED) is 0.429. The summed E-state index contributed by atoms with van der Waals surface area (Å²) in [7, 11) is 0. The number of benzene rings is 2. The summed E-state index contributed by atoms with van der Waals surface area (Å²) in [5.41, 5.74) is 0.476. The monoisotopic (exact) mass is 338 g/mol. The van der Waals surface area contributed by atoms with Gasteiger partial charge in [0.25, 0.3) is 0 Å². The highest BCUT2D eigenvalue weighted by atomic mass is 16.6. The molecule has 6 nitrogen and oxygen atoms in total. The highest BCUT2D eigenvalue weighted by Crippen LogP contribution is 2.58. The predicted octanol–water partition coefficient (Wildman–Crippen LogP) is 2.36. The van der Waals surface area contributed by atoms with Crippen LogP contribution >= 0.6 is 0 Å². The molecule has 3 aliphatic rings. The normalized spacial score (nSPS) is 25.7. The minimum Gasteiger partial charge on any atom is -0.507 e. The number of carbonyl (C=O) groups excluding carboxylic acids is 2. The zero-order valence-corrected chi connectivity index (χ0v) is 13.3. The molecule has 6 heteroatoms. The molecule has 0 aromatic heterocycles. The van der Waals surface area contributed by atoms with Gasteiger partial charge in [-0.1, -0.05) is 0 Å². The van der Waals surface area contributed by atoms with E-state index in [-0.39, 0.29) is 45.5 Å². The Morgan fingerprint density at radius 2 is 1.68 bits per heavy atom. The molecule has 126 valence electrons. The molecule has 2 aromatic carbocycles. The van der Waals surface area contributed by atoms with E-state index in [9.17, 15) is 24.9 Å². The highest BCUT2D eigenvalue weighted by Gasteiger charge is 2.57. The van der Waals surface area contributed by atoms with E-state index in [2.05, 4.69) is 0 Å². The maximum atomic E-state index is 12.9. The Bertz CT molecular complexity index is 1020. The SMILES string of the molecule is CC12CCc3c(cc4c(c3O)C(=O)c3c(O)ccc(O)c3C4=O)C1O2. The molecular formula is C19H14O6. The molecule has 1 aliphatic heterocycles. The number of carbonyl (C=O) groups is 2. The van der Waals surface area contributed by atoms with E-state index in [1.54, 1.807) is 6.07 Å². The summed E-state index contributed by atoms with van der Waals surface area (Å²) in [5, 5.41) is 30.8. The summed E-state index contributed by atoms with van der Waals surface area (Å²) in [6.07, 6.45) is 1.07. The first-order valence-electron chi connectivity index (χ1n) is 8.04. The van der Waals surface area contributed by atoms with Crippen LogP contribution in [0.4, 0.5) is 0 Å². The molecule has 2 aromatic rings. The molecule has 0 bridgehead atoms. The number of phenolic OH excluding ortho intramolecular Hbond substituents is 3. The fourth-order valence-electron chi connectivity index (χ4n) is 4.13. The number of rotatable bonds is 0. The second-order valence-corrected chi connectivity index (χ2v) is 7.04. The van der Waals surface area contributed by atoms with Gasteiger partial charge in [0.15, 0.2) is 5.78 Å². The Morgan fingerprint density at radius 1 is 1.04 bits per heavy atom. The summed E-state index contributed by atoms with van der Waals surface area (Å²) in [6.45, 7) is 1.98. The van der Waals surface area contributed by atoms with E-state index in [1.165, 1.54) is 6.07 Å². The van der Waals surface area contributed by atoms with Gasteiger partial charge < -0.3 is 20.1 Å². The van der Waals surface area contributed by atoms with Crippen molar-refractivity contribution >= 4 is 11.6 Å². The van der Waals surface area contributed by atoms with Crippen LogP contribution in [0.25, 0.3) is 0 Å². The van der Waals surface area contributed by atoms with Crippen LogP contribution in [0.2, 0.25) is 0 Å². The van der Waals surface area contributed by atoms with Gasteiger partial charge in [-0.15, -0.1) is 0 Å². The number of hydrogen-bond donors (Lipinski definition) is 3. The largest absolute Gasteiger partial charge is 0.507 e. The average molecular weight is 338 g/mol. The van der Waals surface area contributed by atoms with Crippen molar-refractivity contribution in [3.05, 3.63) is 51.6 Å². The van der Waals surface area contributed by atoms with Crippen LogP contribution in [0.1, 0.15) is 62.4 Å². The zero-order valence-electron chi connectivity index (χ0n) is 13.3. The summed E-state index contributed by atoms with van der Waals surface area (Å²) in [6, 6.07) is 3.92. The highest BCUT2D eigenvalue weighted by molar-refractivity contribution is 6.31. The van der Waals surface area contributed by atoms with Crippen LogP contribution in [-0.2, 0) is 11.2 Å². The lowest BCUT2D eigenvalue weighted by molar-refractivity contribution is 0.0971. The zero-order chi connectivity index (χ0) is 17.7. The Kier molecular flexibility index (Phi) is 2.44. The third-order valence-corrected chi connectivity index (χ3v) is 5.57. The molecule has 0 spiro atoms. The van der Waals surface area contributed by atoms with Crippen molar-refractivity contribution in [3.8, 4) is 17.2 Å². The number of ketones is 2. The second kappa shape index (κ2) is 4.21. The van der Waals surface area contributed by atoms with Gasteiger partial charge in [-0.3, -0.25) is 9.59 Å². The van der Waals surface area contributed by atoms with Gasteiger partial charge in [-0.25, -0.2) is 0 Å². The van der Waals surface area contributed by atoms with Gasteiger partial charge >= 0.3 is 0 Å². The lowest BCUT2D eigenvalue weighted by Gasteiger charge is -2.25. The van der Waals surface area contributed by atoms with Gasteiger partial charge in [0.05, 0.1) is 22.3 Å². The summed E-state index contributed by atoms with van der Waals surface area (Å²) >= 11 is 0. The number of phenols is 3. The molecule has 1 heterocycles. The van der Waals surface area contributed by atoms with Crippen LogP contribution in [0.15, 0.2) is 18.2 Å². The van der Waals surface area contributed by atoms with E-state index in [0.29, 0.717) is 17.5 Å². The Balaban J connectivity index is 1.81. The van der Waals surface area contributed by atoms with E-state index in [4.69, 9.17) is 4.74 Å². The van der Waals surface area contributed by atoms with Gasteiger partial charge in [-0.2, -0.15) is 0 Å². The molecule has 2 unspecified atom stereocenters. The standard InChI is InChI=1S/C19H14O6/c1-19-5-4-7-8(18(19)25-19)6-9-12(15(7)22)17(24)14-11(21)3-2-10(20)13(14)16(9)23/h2-3,6,18,20-22H,4-5H2,1H3. The maximum absolute atomic E-state index is 12.9. The van der Waals surface area contributed by atoms with Crippen LogP contribution in [0, 0.1) is 0 Å². The molecule has 0 amide bonds. The number of aromatic hydroxyl groups is 3. The Hall–Kier alpha value is -2.86. The smallest absolute Gasteiger partial charge is 0.202 e. The summed E-state index contributed by atoms with van der Waals surface area (Å²) in [5.74, 6) is -2.25. The third-order valence-electron chi connectivity index (χ3n) is 5.57. The maximum Gasteiger partial charge on any atom is 0.202 e. The van der Waals surface area contributed by atoms with Crippen molar-refractivity contribution in [2.45, 2.75) is 31.5 Å². The molecule has 2 aliphatic carbocycles. The van der Waals surface area contributed by atoms with Crippen LogP contribution in [0.5, 0.6) is 17.2 Å². The molecule has 0 saturated carbocycles. The average Bonchev–Trinajstić information content (AvgIpc) is 3.27. The van der Waals surface area contributed by atoms with Crippen molar-refractivity contribution in [2.24, 2.45) is 0 Å². The van der Waals surface area contributed by atoms with E-state index < -0.39 is 17.3 Å². The predicted molar refractivity (Wildman–Crippen MR) is 85.3 cm³/mol. The molecule has 1 fully saturated rings. The summed E-state index contributed by atoms with van der Waals surface area (Å²) < 4.78 is 5.72. The molecule has 0 radical (unpaired) electrons. The van der Waals surface area contributed by atoms with Crippen LogP contribution in [0.3, 0.4) is 0 Å². The van der Waals surface area contributed by atoms with Gasteiger partial charge in [-0.05, 0) is 43.5 Å². The number of hydrogen-bond acceptors (Lipinski definition) is 6. The molecule has 1 saturated heterocycles. The van der Waals surface area contributed by atoms with E-state index in [0.717, 1.165) is 12.5 Å². The van der Waals surface area contributed by atoms with E-state index in [1.807, 2.05) is 6.92 Å². The fraction of sp³-hybridized carbons (Fsp3) is 0.263. The fourth-order valence-corrected chi connectivity index (χ4v) is 4.13. The van der Waals surface area contributed by atoms with Crippen molar-refractivity contribution < 1.29 is 29.6 Å². The molecule has 5 rings (SSSR count). The van der Waals surface area contributed by atoms with Gasteiger partial charge in [0.1, 0.15) is 23.4 Å². The van der Waals surface area contributed by atoms with Crippen LogP contribution < -0.4 is 0 Å². The van der Waals surface area contributed by atoms with Crippen molar-refractivity contribution in [3.63, 3.8) is 0 Å². The summed E-state index contributed by atoms with van der Waals surface area (Å²) in [4.78, 5) is 25.8. The Morgan fingerprint density at radius 3 is 2.36 bits per heavy atom. The molecule has 25 heavy (non-hydrogen) atoms. The topological polar surface area (TPSA) is 107 Å². The first-order chi connectivity index (χ1) is 11.8. The Labute approximate surface area is 142 Å². The van der Waals surface area contributed by atoms with Crippen molar-refractivity contribution in [1.82, 2.24) is 0 Å². The second-order valence-electron chi connectivity index (χ2n) is 7.04. The lowest BCUT2D eigenvalue weighted by atomic mass is 9.76. The van der Waals surface area contributed by atoms with Crippen LogP contribution in [-0.4, -0.2) is 32.5 Å². The number of ether oxygens (including phenoxy) is 1. The van der Waals surface area contributed by atoms with Gasteiger partial charge in [0, 0.05) is 11.1 Å². The van der Waals surface area contributed by atoms with Gasteiger partial charge in [0.2, 0.25) is 5.78 Å². The van der Waals surface area contributed by atoms with Crippen molar-refractivity contribution in [1.29, 1.82) is 0 Å². The minimum absolute atomic E-state index is 0.0365. The first-order valence-corrected chi connectivity index (χ1v) is 8.04. The molecular weight excluding hydrogens is 324 g/mol. The minimum atomic E-state index is -0.664. The van der Waals surface area contributed by atoms with Crippen molar-refractivity contribution in [2.75, 3.05) is 0 Å². The first kappa shape index (κ1) is 14.5. The molecule has 2 atom stereocenters.